The van der Waals surface area contributed by atoms with Crippen molar-refractivity contribution in [2.45, 2.75) is 19.9 Å². The van der Waals surface area contributed by atoms with Crippen LogP contribution in [0.4, 0.5) is 0 Å². The average molecular weight is 528 g/mol. The summed E-state index contributed by atoms with van der Waals surface area (Å²) in [4.78, 5) is 29.0. The first-order chi connectivity index (χ1) is 15.8. The molecule has 0 radical (unpaired) electrons. The monoisotopic (exact) mass is 526 g/mol. The van der Waals surface area contributed by atoms with Crippen molar-refractivity contribution in [3.63, 3.8) is 0 Å². The maximum atomic E-state index is 13.0. The lowest BCUT2D eigenvalue weighted by molar-refractivity contribution is -0.140. The molecule has 4 aromatic rings. The Hall–Kier alpha value is -3.23. The van der Waals surface area contributed by atoms with Gasteiger partial charge < -0.3 is 10.4 Å². The zero-order chi connectivity index (χ0) is 23.7. The van der Waals surface area contributed by atoms with Gasteiger partial charge in [0.05, 0.1) is 21.7 Å². The van der Waals surface area contributed by atoms with E-state index in [-0.39, 0.29) is 16.5 Å². The molecular weight excluding hydrogens is 508 g/mol. The molecule has 0 saturated carbocycles. The van der Waals surface area contributed by atoms with Crippen LogP contribution in [0.3, 0.4) is 0 Å². The molecular formula is C24H20BrClN4O3. The largest absolute Gasteiger partial charge is 0.480 e. The summed E-state index contributed by atoms with van der Waals surface area (Å²) in [7, 11) is 0. The summed E-state index contributed by atoms with van der Waals surface area (Å²) in [5.74, 6) is -2.03. The molecule has 33 heavy (non-hydrogen) atoms. The van der Waals surface area contributed by atoms with E-state index >= 15 is 0 Å². The minimum Gasteiger partial charge on any atom is -0.480 e. The zero-order valence-corrected chi connectivity index (χ0v) is 20.1. The summed E-state index contributed by atoms with van der Waals surface area (Å²) in [5, 5.41) is 17.4. The van der Waals surface area contributed by atoms with Gasteiger partial charge in [-0.3, -0.25) is 4.79 Å². The van der Waals surface area contributed by atoms with E-state index in [4.69, 9.17) is 16.7 Å². The summed E-state index contributed by atoms with van der Waals surface area (Å²) in [6, 6.07) is 16.0. The van der Waals surface area contributed by atoms with Gasteiger partial charge in [-0.15, -0.1) is 0 Å². The smallest absolute Gasteiger partial charge is 0.326 e. The number of rotatable bonds is 6. The molecule has 0 bridgehead atoms. The summed E-state index contributed by atoms with van der Waals surface area (Å²) in [5.41, 5.74) is 2.72. The van der Waals surface area contributed by atoms with Gasteiger partial charge in [-0.25, -0.2) is 14.5 Å². The van der Waals surface area contributed by atoms with Crippen molar-refractivity contribution in [1.82, 2.24) is 20.1 Å². The van der Waals surface area contributed by atoms with Crippen LogP contribution in [0.1, 0.15) is 24.2 Å². The fourth-order valence-corrected chi connectivity index (χ4v) is 4.07. The second-order valence-corrected chi connectivity index (χ2v) is 9.11. The van der Waals surface area contributed by atoms with E-state index in [0.717, 1.165) is 15.7 Å². The van der Waals surface area contributed by atoms with Crippen LogP contribution in [0.2, 0.25) is 5.02 Å². The van der Waals surface area contributed by atoms with E-state index in [0.29, 0.717) is 16.7 Å². The topological polar surface area (TPSA) is 97.1 Å². The number of nitrogens with one attached hydrogen (secondary N) is 1. The third kappa shape index (κ3) is 4.49. The van der Waals surface area contributed by atoms with E-state index in [1.807, 2.05) is 54.6 Å². The molecule has 1 unspecified atom stereocenters. The van der Waals surface area contributed by atoms with Crippen molar-refractivity contribution < 1.29 is 14.7 Å². The number of aromatic nitrogens is 3. The predicted molar refractivity (Wildman–Crippen MR) is 131 cm³/mol. The minimum atomic E-state index is -1.11. The van der Waals surface area contributed by atoms with Crippen LogP contribution in [-0.4, -0.2) is 37.8 Å². The van der Waals surface area contributed by atoms with E-state index < -0.39 is 17.9 Å². The Kier molecular flexibility index (Phi) is 6.49. The number of hydrogen-bond acceptors (Lipinski definition) is 4. The Morgan fingerprint density at radius 1 is 1.09 bits per heavy atom. The van der Waals surface area contributed by atoms with Gasteiger partial charge in [-0.1, -0.05) is 71.7 Å². The van der Waals surface area contributed by atoms with Crippen LogP contribution in [-0.2, 0) is 4.79 Å². The van der Waals surface area contributed by atoms with Gasteiger partial charge in [0.15, 0.2) is 5.65 Å². The quantitative estimate of drug-likeness (QED) is 0.353. The van der Waals surface area contributed by atoms with Crippen LogP contribution in [0.25, 0.3) is 28.0 Å². The molecule has 0 aliphatic carbocycles. The van der Waals surface area contributed by atoms with Crippen LogP contribution < -0.4 is 5.32 Å². The summed E-state index contributed by atoms with van der Waals surface area (Å²) >= 11 is 10.2. The SMILES string of the molecule is CC(C)C(NC(=O)c1cnc2c(c(-c3ccc(Br)cc3)nn2-c2ccccc2)c1Cl)C(=O)O. The third-order valence-corrected chi connectivity index (χ3v) is 6.14. The van der Waals surface area contributed by atoms with Crippen LogP contribution in [0.15, 0.2) is 65.3 Å². The van der Waals surface area contributed by atoms with Crippen LogP contribution in [0, 0.1) is 5.92 Å². The Morgan fingerprint density at radius 2 is 1.76 bits per heavy atom. The molecule has 2 aromatic carbocycles. The van der Waals surface area contributed by atoms with E-state index in [2.05, 4.69) is 26.2 Å². The maximum Gasteiger partial charge on any atom is 0.326 e. The first-order valence-corrected chi connectivity index (χ1v) is 11.4. The molecule has 0 fully saturated rings. The molecule has 0 saturated heterocycles. The molecule has 2 N–H and O–H groups in total. The average Bonchev–Trinajstić information content (AvgIpc) is 3.19. The van der Waals surface area contributed by atoms with Gasteiger partial charge >= 0.3 is 5.97 Å². The molecule has 7 nitrogen and oxygen atoms in total. The highest BCUT2D eigenvalue weighted by Gasteiger charge is 2.27. The van der Waals surface area contributed by atoms with Gasteiger partial charge in [0.2, 0.25) is 0 Å². The van der Waals surface area contributed by atoms with Crippen molar-refractivity contribution in [3.05, 3.63) is 75.9 Å². The normalized spacial score (nSPS) is 12.2. The number of hydrogen-bond donors (Lipinski definition) is 2. The second-order valence-electron chi connectivity index (χ2n) is 7.82. The Balaban J connectivity index is 1.90. The maximum absolute atomic E-state index is 13.0. The molecule has 168 valence electrons. The van der Waals surface area contributed by atoms with E-state index in [1.54, 1.807) is 18.5 Å². The minimum absolute atomic E-state index is 0.0852. The molecule has 2 heterocycles. The lowest BCUT2D eigenvalue weighted by atomic mass is 10.0. The molecule has 1 amide bonds. The Labute approximate surface area is 203 Å². The highest BCUT2D eigenvalue weighted by Crippen LogP contribution is 2.36. The molecule has 9 heteroatoms. The number of amides is 1. The first kappa shape index (κ1) is 22.9. The number of carboxylic acids is 1. The number of fused-ring (bicyclic) bond motifs is 1. The summed E-state index contributed by atoms with van der Waals surface area (Å²) in [6.45, 7) is 3.44. The number of pyridine rings is 1. The molecule has 0 aliphatic heterocycles. The summed E-state index contributed by atoms with van der Waals surface area (Å²) < 4.78 is 2.59. The lowest BCUT2D eigenvalue weighted by Gasteiger charge is -2.18. The van der Waals surface area contributed by atoms with Gasteiger partial charge in [0.1, 0.15) is 11.7 Å². The number of para-hydroxylation sites is 1. The molecule has 0 aliphatic rings. The number of aliphatic carboxylic acids is 1. The molecule has 2 aromatic heterocycles. The second kappa shape index (κ2) is 9.33. The van der Waals surface area contributed by atoms with E-state index in [1.165, 1.54) is 6.20 Å². The number of carbonyl (C=O) groups is 2. The highest BCUT2D eigenvalue weighted by molar-refractivity contribution is 9.10. The number of benzene rings is 2. The van der Waals surface area contributed by atoms with Crippen molar-refractivity contribution in [1.29, 1.82) is 0 Å². The van der Waals surface area contributed by atoms with Crippen molar-refractivity contribution in [2.75, 3.05) is 0 Å². The number of nitrogens with zero attached hydrogens (tertiary/aromatic N) is 3. The number of carboxylic acid groups (broad SMARTS) is 1. The Morgan fingerprint density at radius 3 is 2.36 bits per heavy atom. The molecule has 0 spiro atoms. The zero-order valence-electron chi connectivity index (χ0n) is 17.8. The van der Waals surface area contributed by atoms with E-state index in [9.17, 15) is 14.7 Å². The highest BCUT2D eigenvalue weighted by atomic mass is 79.9. The fraction of sp³-hybridized carbons (Fsp3) is 0.167. The van der Waals surface area contributed by atoms with Crippen LogP contribution in [0.5, 0.6) is 0 Å². The standard InChI is InChI=1S/C24H20BrClN4O3/c1-13(2)20(24(32)33)28-23(31)17-12-27-22-18(19(17)26)21(14-8-10-15(25)11-9-14)29-30(22)16-6-4-3-5-7-16/h3-13,20H,1-2H3,(H,28,31)(H,32,33). The number of carbonyl (C=O) groups excluding carboxylic acids is 1. The van der Waals surface area contributed by atoms with Crippen molar-refractivity contribution in [3.8, 4) is 16.9 Å². The molecule has 4 rings (SSSR count). The first-order valence-electron chi connectivity index (χ1n) is 10.2. The van der Waals surface area contributed by atoms with Crippen LogP contribution >= 0.6 is 27.5 Å². The van der Waals surface area contributed by atoms with Gasteiger partial charge in [0.25, 0.3) is 5.91 Å². The van der Waals surface area contributed by atoms with Gasteiger partial charge in [-0.05, 0) is 30.2 Å². The van der Waals surface area contributed by atoms with Crippen molar-refractivity contribution >= 4 is 50.4 Å². The van der Waals surface area contributed by atoms with Gasteiger partial charge in [0, 0.05) is 16.2 Å². The third-order valence-electron chi connectivity index (χ3n) is 5.22. The van der Waals surface area contributed by atoms with Crippen molar-refractivity contribution in [2.24, 2.45) is 5.92 Å². The summed E-state index contributed by atoms with van der Waals surface area (Å²) in [6.07, 6.45) is 1.35. The molecule has 1 atom stereocenters. The lowest BCUT2D eigenvalue weighted by Crippen LogP contribution is -2.44. The Bertz CT molecular complexity index is 1340. The number of halogens is 2. The van der Waals surface area contributed by atoms with Gasteiger partial charge in [-0.2, -0.15) is 5.10 Å². The fourth-order valence-electron chi connectivity index (χ4n) is 3.50. The predicted octanol–water partition coefficient (Wildman–Crippen LogP) is 5.34.